The smallest absolute Gasteiger partial charge is 0.255 e. The summed E-state index contributed by atoms with van der Waals surface area (Å²) in [6.07, 6.45) is 0. The molecule has 0 saturated heterocycles. The first-order valence-electron chi connectivity index (χ1n) is 7.92. The van der Waals surface area contributed by atoms with Gasteiger partial charge >= 0.3 is 0 Å². The predicted molar refractivity (Wildman–Crippen MR) is 119 cm³/mol. The van der Waals surface area contributed by atoms with Gasteiger partial charge in [0.15, 0.2) is 5.58 Å². The summed E-state index contributed by atoms with van der Waals surface area (Å²) < 4.78 is 7.72. The van der Waals surface area contributed by atoms with Gasteiger partial charge in [-0.1, -0.05) is 33.6 Å². The average molecular weight is 554 g/mol. The number of fused-ring (bicyclic) bond motifs is 1. The van der Waals surface area contributed by atoms with Gasteiger partial charge in [-0.3, -0.25) is 4.79 Å². The Morgan fingerprint density at radius 1 is 1.11 bits per heavy atom. The molecule has 0 aliphatic carbocycles. The molecule has 4 rings (SSSR count). The number of nitrogens with zero attached hydrogens (tertiary/aromatic N) is 1. The summed E-state index contributed by atoms with van der Waals surface area (Å²) in [6.45, 7) is 0. The number of oxazole rings is 1. The molecular weight excluding hydrogens is 542 g/mol. The van der Waals surface area contributed by atoms with Gasteiger partial charge in [0.25, 0.3) is 5.91 Å². The third-order valence-electron chi connectivity index (χ3n) is 3.89. The molecule has 0 spiro atoms. The van der Waals surface area contributed by atoms with Crippen LogP contribution in [0.15, 0.2) is 69.6 Å². The van der Waals surface area contributed by atoms with E-state index in [2.05, 4.69) is 48.8 Å². The van der Waals surface area contributed by atoms with Crippen LogP contribution >= 0.6 is 50.1 Å². The van der Waals surface area contributed by atoms with Gasteiger partial charge in [0.2, 0.25) is 5.89 Å². The Kier molecular flexibility index (Phi) is 5.21. The monoisotopic (exact) mass is 552 g/mol. The standard InChI is InChI=1S/C20H11BrClIN2O2/c21-12-3-1-2-11(8-12)19(26)24-14-5-7-18-17(10-14)25-20(27-18)15-9-13(23)4-6-16(15)22/h1-10H,(H,24,26). The van der Waals surface area contributed by atoms with Crippen molar-refractivity contribution in [3.63, 3.8) is 0 Å². The van der Waals surface area contributed by atoms with Crippen molar-refractivity contribution in [3.05, 3.63) is 79.3 Å². The highest BCUT2D eigenvalue weighted by Crippen LogP contribution is 2.32. The van der Waals surface area contributed by atoms with Crippen molar-refractivity contribution in [2.24, 2.45) is 0 Å². The predicted octanol–water partition coefficient (Wildman–Crippen LogP) is 6.77. The lowest BCUT2D eigenvalue weighted by atomic mass is 10.2. The Balaban J connectivity index is 1.65. The maximum absolute atomic E-state index is 12.4. The van der Waals surface area contributed by atoms with Crippen molar-refractivity contribution in [2.75, 3.05) is 5.32 Å². The van der Waals surface area contributed by atoms with Gasteiger partial charge in [0.1, 0.15) is 5.52 Å². The van der Waals surface area contributed by atoms with Gasteiger partial charge in [0, 0.05) is 19.3 Å². The molecule has 0 bridgehead atoms. The zero-order valence-corrected chi connectivity index (χ0v) is 18.2. The number of hydrogen-bond acceptors (Lipinski definition) is 3. The molecule has 0 unspecified atom stereocenters. The molecule has 1 heterocycles. The van der Waals surface area contributed by atoms with E-state index in [0.29, 0.717) is 33.3 Å². The molecule has 1 amide bonds. The first kappa shape index (κ1) is 18.5. The Bertz CT molecular complexity index is 1180. The van der Waals surface area contributed by atoms with E-state index in [1.54, 1.807) is 30.3 Å². The second-order valence-electron chi connectivity index (χ2n) is 5.79. The largest absolute Gasteiger partial charge is 0.436 e. The molecule has 7 heteroatoms. The molecule has 1 aromatic heterocycles. The summed E-state index contributed by atoms with van der Waals surface area (Å²) in [6, 6.07) is 18.2. The molecule has 4 aromatic rings. The molecule has 1 N–H and O–H groups in total. The Hall–Kier alpha value is -1.90. The summed E-state index contributed by atoms with van der Waals surface area (Å²) >= 11 is 11.9. The fraction of sp³-hybridized carbons (Fsp3) is 0. The number of carbonyl (C=O) groups excluding carboxylic acids is 1. The van der Waals surface area contributed by atoms with Crippen molar-refractivity contribution in [1.29, 1.82) is 0 Å². The topological polar surface area (TPSA) is 55.1 Å². The van der Waals surface area contributed by atoms with Crippen LogP contribution in [0.3, 0.4) is 0 Å². The van der Waals surface area contributed by atoms with Crippen LogP contribution in [0.5, 0.6) is 0 Å². The van der Waals surface area contributed by atoms with Crippen LogP contribution in [-0.4, -0.2) is 10.9 Å². The Morgan fingerprint density at radius 2 is 1.96 bits per heavy atom. The van der Waals surface area contributed by atoms with Crippen molar-refractivity contribution in [1.82, 2.24) is 4.98 Å². The highest BCUT2D eigenvalue weighted by Gasteiger charge is 2.13. The second kappa shape index (κ2) is 7.61. The summed E-state index contributed by atoms with van der Waals surface area (Å²) in [4.78, 5) is 16.9. The lowest BCUT2D eigenvalue weighted by Gasteiger charge is -2.05. The molecule has 3 aromatic carbocycles. The van der Waals surface area contributed by atoms with E-state index in [1.807, 2.05) is 30.3 Å². The summed E-state index contributed by atoms with van der Waals surface area (Å²) in [7, 11) is 0. The minimum atomic E-state index is -0.194. The van der Waals surface area contributed by atoms with Crippen LogP contribution in [-0.2, 0) is 0 Å². The number of carbonyl (C=O) groups is 1. The number of aromatic nitrogens is 1. The van der Waals surface area contributed by atoms with Crippen LogP contribution in [0.4, 0.5) is 5.69 Å². The van der Waals surface area contributed by atoms with E-state index < -0.39 is 0 Å². The normalized spacial score (nSPS) is 10.9. The highest BCUT2D eigenvalue weighted by atomic mass is 127. The first-order valence-corrected chi connectivity index (χ1v) is 10.2. The molecule has 134 valence electrons. The number of halogens is 3. The maximum atomic E-state index is 12.4. The summed E-state index contributed by atoms with van der Waals surface area (Å²) in [5.41, 5.74) is 3.21. The van der Waals surface area contributed by atoms with Crippen molar-refractivity contribution in [2.45, 2.75) is 0 Å². The Morgan fingerprint density at radius 3 is 2.78 bits per heavy atom. The quantitative estimate of drug-likeness (QED) is 0.285. The van der Waals surface area contributed by atoms with E-state index >= 15 is 0 Å². The molecule has 0 atom stereocenters. The van der Waals surface area contributed by atoms with Gasteiger partial charge in [0.05, 0.1) is 10.6 Å². The van der Waals surface area contributed by atoms with Crippen LogP contribution < -0.4 is 5.32 Å². The molecule has 0 aliphatic rings. The number of hydrogen-bond donors (Lipinski definition) is 1. The van der Waals surface area contributed by atoms with Crippen molar-refractivity contribution in [3.8, 4) is 11.5 Å². The van der Waals surface area contributed by atoms with E-state index in [0.717, 1.165) is 13.6 Å². The van der Waals surface area contributed by atoms with Crippen LogP contribution in [0.2, 0.25) is 5.02 Å². The van der Waals surface area contributed by atoms with E-state index in [9.17, 15) is 4.79 Å². The fourth-order valence-electron chi connectivity index (χ4n) is 2.61. The molecule has 0 aliphatic heterocycles. The SMILES string of the molecule is O=C(Nc1ccc2oc(-c3cc(I)ccc3Cl)nc2c1)c1cccc(Br)c1. The van der Waals surface area contributed by atoms with E-state index in [-0.39, 0.29) is 5.91 Å². The van der Waals surface area contributed by atoms with Crippen LogP contribution in [0.25, 0.3) is 22.6 Å². The average Bonchev–Trinajstić information content (AvgIpc) is 3.07. The van der Waals surface area contributed by atoms with Crippen LogP contribution in [0.1, 0.15) is 10.4 Å². The number of amides is 1. The third-order valence-corrected chi connectivity index (χ3v) is 5.38. The number of benzene rings is 3. The number of anilines is 1. The van der Waals surface area contributed by atoms with Gasteiger partial charge in [-0.05, 0) is 77.2 Å². The first-order chi connectivity index (χ1) is 13.0. The van der Waals surface area contributed by atoms with Gasteiger partial charge < -0.3 is 9.73 Å². The van der Waals surface area contributed by atoms with Crippen molar-refractivity contribution >= 4 is 72.8 Å². The molecule has 4 nitrogen and oxygen atoms in total. The molecule has 0 fully saturated rings. The molecular formula is C20H11BrClIN2O2. The Labute approximate surface area is 182 Å². The fourth-order valence-corrected chi connectivity index (χ4v) is 3.70. The maximum Gasteiger partial charge on any atom is 0.255 e. The lowest BCUT2D eigenvalue weighted by molar-refractivity contribution is 0.102. The molecule has 0 saturated carbocycles. The van der Waals surface area contributed by atoms with Crippen LogP contribution in [0, 0.1) is 3.57 Å². The molecule has 0 radical (unpaired) electrons. The second-order valence-corrected chi connectivity index (χ2v) is 8.36. The third kappa shape index (κ3) is 4.02. The molecule has 27 heavy (non-hydrogen) atoms. The lowest BCUT2D eigenvalue weighted by Crippen LogP contribution is -2.11. The summed E-state index contributed by atoms with van der Waals surface area (Å²) in [5.74, 6) is 0.254. The summed E-state index contributed by atoms with van der Waals surface area (Å²) in [5, 5.41) is 3.45. The minimum absolute atomic E-state index is 0.194. The van der Waals surface area contributed by atoms with Crippen molar-refractivity contribution < 1.29 is 9.21 Å². The highest BCUT2D eigenvalue weighted by molar-refractivity contribution is 14.1. The zero-order chi connectivity index (χ0) is 19.0. The van der Waals surface area contributed by atoms with Gasteiger partial charge in [-0.15, -0.1) is 0 Å². The number of nitrogens with one attached hydrogen (secondary N) is 1. The minimum Gasteiger partial charge on any atom is -0.436 e. The van der Waals surface area contributed by atoms with E-state index in [1.165, 1.54) is 0 Å². The number of rotatable bonds is 3. The van der Waals surface area contributed by atoms with E-state index in [4.69, 9.17) is 16.0 Å². The van der Waals surface area contributed by atoms with Gasteiger partial charge in [-0.25, -0.2) is 4.98 Å². The van der Waals surface area contributed by atoms with Gasteiger partial charge in [-0.2, -0.15) is 0 Å². The zero-order valence-electron chi connectivity index (χ0n) is 13.7.